The molecule has 2 N–H and O–H groups in total. The predicted octanol–water partition coefficient (Wildman–Crippen LogP) is 6.32. The van der Waals surface area contributed by atoms with Gasteiger partial charge in [-0.3, -0.25) is 4.72 Å². The SMILES string of the molecule is O=S(=O)(Nc1cccc(C2OC(CSc3ccccc3)CC(c3ccc(CO)cc3)O2)c1)c1ccccc1. The third-order valence-corrected chi connectivity index (χ3v) is 8.80. The van der Waals surface area contributed by atoms with Crippen molar-refractivity contribution in [3.8, 4) is 0 Å². The zero-order valence-electron chi connectivity index (χ0n) is 20.6. The second-order valence-corrected chi connectivity index (χ2v) is 11.8. The summed E-state index contributed by atoms with van der Waals surface area (Å²) < 4.78 is 41.2. The van der Waals surface area contributed by atoms with Gasteiger partial charge in [-0.1, -0.05) is 72.8 Å². The Kier molecular flexibility index (Phi) is 8.46. The van der Waals surface area contributed by atoms with Crippen molar-refractivity contribution in [2.45, 2.75) is 41.3 Å². The molecule has 0 amide bonds. The van der Waals surface area contributed by atoms with Crippen LogP contribution in [0.4, 0.5) is 5.69 Å². The van der Waals surface area contributed by atoms with Gasteiger partial charge >= 0.3 is 0 Å². The van der Waals surface area contributed by atoms with Gasteiger partial charge in [-0.05, 0) is 47.5 Å². The number of sulfonamides is 1. The Morgan fingerprint density at radius 2 is 1.53 bits per heavy atom. The van der Waals surface area contributed by atoms with Crippen molar-refractivity contribution in [3.05, 3.63) is 126 Å². The van der Waals surface area contributed by atoms with Crippen molar-refractivity contribution in [2.75, 3.05) is 10.5 Å². The van der Waals surface area contributed by atoms with Crippen LogP contribution in [0.1, 0.15) is 35.5 Å². The summed E-state index contributed by atoms with van der Waals surface area (Å²) in [5.74, 6) is 0.745. The summed E-state index contributed by atoms with van der Waals surface area (Å²) in [5, 5.41) is 9.43. The van der Waals surface area contributed by atoms with Crippen molar-refractivity contribution < 1.29 is 23.0 Å². The number of anilines is 1. The Labute approximate surface area is 227 Å². The first-order chi connectivity index (χ1) is 18.5. The molecule has 0 aromatic heterocycles. The minimum absolute atomic E-state index is 0.0143. The van der Waals surface area contributed by atoms with Crippen LogP contribution in [0, 0.1) is 0 Å². The third-order valence-electron chi connectivity index (χ3n) is 6.26. The van der Waals surface area contributed by atoms with Gasteiger partial charge in [0.25, 0.3) is 10.0 Å². The lowest BCUT2D eigenvalue weighted by Crippen LogP contribution is -2.31. The molecule has 0 aliphatic carbocycles. The summed E-state index contributed by atoms with van der Waals surface area (Å²) in [6.07, 6.45) is -0.303. The topological polar surface area (TPSA) is 84.9 Å². The largest absolute Gasteiger partial charge is 0.392 e. The number of ether oxygens (including phenoxy) is 2. The lowest BCUT2D eigenvalue weighted by Gasteiger charge is -2.36. The molecule has 3 unspecified atom stereocenters. The van der Waals surface area contributed by atoms with E-state index < -0.39 is 16.3 Å². The zero-order chi connectivity index (χ0) is 26.4. The number of aliphatic hydroxyl groups excluding tert-OH is 1. The van der Waals surface area contributed by atoms with Crippen LogP contribution in [0.3, 0.4) is 0 Å². The normalized spacial score (nSPS) is 19.7. The van der Waals surface area contributed by atoms with E-state index in [-0.39, 0.29) is 23.7 Å². The quantitative estimate of drug-likeness (QED) is 0.239. The van der Waals surface area contributed by atoms with E-state index in [0.717, 1.165) is 22.4 Å². The number of hydrogen-bond donors (Lipinski definition) is 2. The average molecular weight is 548 g/mol. The average Bonchev–Trinajstić information content (AvgIpc) is 2.97. The number of nitrogens with one attached hydrogen (secondary N) is 1. The van der Waals surface area contributed by atoms with E-state index in [4.69, 9.17) is 9.47 Å². The van der Waals surface area contributed by atoms with E-state index in [9.17, 15) is 13.5 Å². The van der Waals surface area contributed by atoms with Crippen LogP contribution in [0.2, 0.25) is 0 Å². The highest BCUT2D eigenvalue weighted by molar-refractivity contribution is 7.99. The molecule has 1 saturated heterocycles. The maximum atomic E-state index is 12.9. The van der Waals surface area contributed by atoms with E-state index in [0.29, 0.717) is 12.1 Å². The van der Waals surface area contributed by atoms with Crippen LogP contribution in [0.25, 0.3) is 0 Å². The lowest BCUT2D eigenvalue weighted by molar-refractivity contribution is -0.245. The summed E-state index contributed by atoms with van der Waals surface area (Å²) >= 11 is 1.73. The van der Waals surface area contributed by atoms with Crippen LogP contribution >= 0.6 is 11.8 Å². The van der Waals surface area contributed by atoms with Gasteiger partial charge in [0.15, 0.2) is 6.29 Å². The summed E-state index contributed by atoms with van der Waals surface area (Å²) in [6.45, 7) is -0.0143. The van der Waals surface area contributed by atoms with Crippen LogP contribution in [0.5, 0.6) is 0 Å². The van der Waals surface area contributed by atoms with Crippen LogP contribution in [-0.2, 0) is 26.1 Å². The predicted molar refractivity (Wildman–Crippen MR) is 149 cm³/mol. The molecule has 0 spiro atoms. The molecule has 0 saturated carbocycles. The molecule has 1 aliphatic heterocycles. The number of benzene rings is 4. The van der Waals surface area contributed by atoms with Gasteiger partial charge in [0, 0.05) is 28.3 Å². The fourth-order valence-electron chi connectivity index (χ4n) is 4.29. The van der Waals surface area contributed by atoms with Crippen LogP contribution in [0.15, 0.2) is 119 Å². The molecule has 8 heteroatoms. The molecule has 0 bridgehead atoms. The first-order valence-electron chi connectivity index (χ1n) is 12.4. The van der Waals surface area contributed by atoms with Crippen molar-refractivity contribution >= 4 is 27.5 Å². The highest BCUT2D eigenvalue weighted by atomic mass is 32.2. The molecule has 4 aromatic carbocycles. The van der Waals surface area contributed by atoms with Crippen molar-refractivity contribution in [1.29, 1.82) is 0 Å². The molecule has 3 atom stereocenters. The monoisotopic (exact) mass is 547 g/mol. The van der Waals surface area contributed by atoms with E-state index in [1.807, 2.05) is 48.5 Å². The molecule has 5 rings (SSSR count). The molecule has 6 nitrogen and oxygen atoms in total. The van der Waals surface area contributed by atoms with Gasteiger partial charge < -0.3 is 14.6 Å². The van der Waals surface area contributed by atoms with Crippen molar-refractivity contribution in [2.24, 2.45) is 0 Å². The van der Waals surface area contributed by atoms with E-state index in [2.05, 4.69) is 16.9 Å². The van der Waals surface area contributed by atoms with E-state index in [1.165, 1.54) is 4.90 Å². The van der Waals surface area contributed by atoms with Gasteiger partial charge in [-0.2, -0.15) is 0 Å². The van der Waals surface area contributed by atoms with Gasteiger partial charge in [-0.25, -0.2) is 8.42 Å². The second-order valence-electron chi connectivity index (χ2n) is 9.02. The molecule has 1 fully saturated rings. The highest BCUT2D eigenvalue weighted by Gasteiger charge is 2.32. The van der Waals surface area contributed by atoms with Crippen LogP contribution in [-0.4, -0.2) is 25.4 Å². The van der Waals surface area contributed by atoms with Gasteiger partial charge in [0.2, 0.25) is 0 Å². The fourth-order valence-corrected chi connectivity index (χ4v) is 6.30. The first-order valence-corrected chi connectivity index (χ1v) is 14.8. The number of aliphatic hydroxyl groups is 1. The highest BCUT2D eigenvalue weighted by Crippen LogP contribution is 2.40. The van der Waals surface area contributed by atoms with Gasteiger partial charge in [0.1, 0.15) is 0 Å². The molecular formula is C30H29NO5S2. The molecule has 0 radical (unpaired) electrons. The van der Waals surface area contributed by atoms with Gasteiger partial charge in [0.05, 0.1) is 23.7 Å². The lowest BCUT2D eigenvalue weighted by atomic mass is 10.0. The Hall–Kier alpha value is -3.14. The molecule has 196 valence electrons. The third kappa shape index (κ3) is 6.64. The van der Waals surface area contributed by atoms with Crippen molar-refractivity contribution in [1.82, 2.24) is 0 Å². The summed E-state index contributed by atoms with van der Waals surface area (Å²) in [4.78, 5) is 1.36. The minimum Gasteiger partial charge on any atom is -0.392 e. The standard InChI is InChI=1S/C30H29NO5S2/c32-20-22-14-16-23(17-15-22)29-19-26(21-37-27-10-3-1-4-11-27)35-30(36-29)24-8-7-9-25(18-24)31-38(33,34)28-12-5-2-6-13-28/h1-18,26,29-32H,19-21H2. The molecule has 38 heavy (non-hydrogen) atoms. The number of hydrogen-bond acceptors (Lipinski definition) is 6. The Balaban J connectivity index is 1.37. The molecular weight excluding hydrogens is 518 g/mol. The number of thioether (sulfide) groups is 1. The Morgan fingerprint density at radius 3 is 2.24 bits per heavy atom. The minimum atomic E-state index is -3.73. The summed E-state index contributed by atoms with van der Waals surface area (Å²) in [6, 6.07) is 33.3. The molecule has 4 aromatic rings. The zero-order valence-corrected chi connectivity index (χ0v) is 22.3. The fraction of sp³-hybridized carbons (Fsp3) is 0.200. The Bertz CT molecular complexity index is 1430. The molecule has 1 aliphatic rings. The van der Waals surface area contributed by atoms with E-state index in [1.54, 1.807) is 60.3 Å². The molecule has 1 heterocycles. The maximum absolute atomic E-state index is 12.9. The first kappa shape index (κ1) is 26.5. The van der Waals surface area contributed by atoms with E-state index >= 15 is 0 Å². The summed E-state index contributed by atoms with van der Waals surface area (Å²) in [5.41, 5.74) is 3.01. The summed E-state index contributed by atoms with van der Waals surface area (Å²) in [7, 11) is -3.73. The smallest absolute Gasteiger partial charge is 0.261 e. The Morgan fingerprint density at radius 1 is 0.816 bits per heavy atom. The van der Waals surface area contributed by atoms with Crippen LogP contribution < -0.4 is 4.72 Å². The van der Waals surface area contributed by atoms with Gasteiger partial charge in [-0.15, -0.1) is 11.8 Å². The second kappa shape index (κ2) is 12.1. The van der Waals surface area contributed by atoms with Crippen molar-refractivity contribution in [3.63, 3.8) is 0 Å². The maximum Gasteiger partial charge on any atom is 0.261 e. The number of rotatable bonds is 9.